The van der Waals surface area contributed by atoms with Crippen molar-refractivity contribution in [2.45, 2.75) is 0 Å². The van der Waals surface area contributed by atoms with Crippen LogP contribution in [0.5, 0.6) is 5.75 Å². The van der Waals surface area contributed by atoms with E-state index in [-0.39, 0.29) is 12.5 Å². The molecule has 0 heterocycles. The van der Waals surface area contributed by atoms with Gasteiger partial charge in [0, 0.05) is 7.11 Å². The zero-order valence-corrected chi connectivity index (χ0v) is 7.96. The summed E-state index contributed by atoms with van der Waals surface area (Å²) >= 11 is 0. The molecular weight excluding hydrogens is 187 g/mol. The van der Waals surface area contributed by atoms with E-state index in [0.717, 1.165) is 0 Å². The van der Waals surface area contributed by atoms with E-state index in [1.54, 1.807) is 13.2 Å². The Labute approximate surface area is 82.4 Å². The molecule has 4 heteroatoms. The summed E-state index contributed by atoms with van der Waals surface area (Å²) in [4.78, 5) is 0. The van der Waals surface area contributed by atoms with Gasteiger partial charge in [0.25, 0.3) is 0 Å². The average molecular weight is 199 g/mol. The number of rotatable bonds is 6. The van der Waals surface area contributed by atoms with Gasteiger partial charge in [0.15, 0.2) is 18.4 Å². The molecule has 14 heavy (non-hydrogen) atoms. The molecule has 1 radical (unpaired) electrons. The third-order valence-corrected chi connectivity index (χ3v) is 1.51. The maximum Gasteiger partial charge on any atom is 0.189 e. The SMILES string of the molecule is COCCOCOc1cc[c]cc1F. The topological polar surface area (TPSA) is 27.7 Å². The number of benzene rings is 1. The molecule has 0 unspecified atom stereocenters. The molecule has 1 aromatic carbocycles. The van der Waals surface area contributed by atoms with Crippen LogP contribution in [0.1, 0.15) is 0 Å². The van der Waals surface area contributed by atoms with Crippen molar-refractivity contribution < 1.29 is 18.6 Å². The van der Waals surface area contributed by atoms with E-state index >= 15 is 0 Å². The van der Waals surface area contributed by atoms with Crippen LogP contribution >= 0.6 is 0 Å². The van der Waals surface area contributed by atoms with Gasteiger partial charge < -0.3 is 14.2 Å². The molecule has 0 amide bonds. The molecule has 3 nitrogen and oxygen atoms in total. The maximum atomic E-state index is 12.9. The Kier molecular flexibility index (Phi) is 4.96. The molecule has 0 aromatic heterocycles. The summed E-state index contributed by atoms with van der Waals surface area (Å²) < 4.78 is 27.7. The fraction of sp³-hybridized carbons (Fsp3) is 0.400. The standard InChI is InChI=1S/C10H12FO3/c1-12-6-7-13-8-14-10-5-3-2-4-9(10)11/h3-5H,6-8H2,1H3. The number of hydrogen-bond donors (Lipinski definition) is 0. The second kappa shape index (κ2) is 6.34. The molecule has 1 aromatic rings. The van der Waals surface area contributed by atoms with Gasteiger partial charge in [-0.15, -0.1) is 0 Å². The van der Waals surface area contributed by atoms with Crippen molar-refractivity contribution in [2.75, 3.05) is 27.1 Å². The highest BCUT2D eigenvalue weighted by molar-refractivity contribution is 5.22. The smallest absolute Gasteiger partial charge is 0.189 e. The van der Waals surface area contributed by atoms with Crippen LogP contribution in [0.3, 0.4) is 0 Å². The normalized spacial score (nSPS) is 10.1. The summed E-state index contributed by atoms with van der Waals surface area (Å²) in [7, 11) is 1.58. The number of ether oxygens (including phenoxy) is 3. The average Bonchev–Trinajstić information content (AvgIpc) is 2.20. The summed E-state index contributed by atoms with van der Waals surface area (Å²) in [5.74, 6) is -0.274. The lowest BCUT2D eigenvalue weighted by Crippen LogP contribution is -2.08. The summed E-state index contributed by atoms with van der Waals surface area (Å²) in [6, 6.07) is 6.88. The molecule has 0 N–H and O–H groups in total. The largest absolute Gasteiger partial charge is 0.464 e. The minimum atomic E-state index is -0.442. The molecule has 0 aliphatic heterocycles. The first-order valence-electron chi connectivity index (χ1n) is 4.19. The fourth-order valence-electron chi connectivity index (χ4n) is 0.819. The van der Waals surface area contributed by atoms with Gasteiger partial charge in [-0.3, -0.25) is 0 Å². The van der Waals surface area contributed by atoms with E-state index in [0.29, 0.717) is 13.2 Å². The number of methoxy groups -OCH3 is 1. The highest BCUT2D eigenvalue weighted by Gasteiger charge is 2.00. The quantitative estimate of drug-likeness (QED) is 0.514. The summed E-state index contributed by atoms with van der Waals surface area (Å²) in [5, 5.41) is 0. The van der Waals surface area contributed by atoms with Crippen LogP contribution in [0.15, 0.2) is 18.2 Å². The maximum absolute atomic E-state index is 12.9. The van der Waals surface area contributed by atoms with Gasteiger partial charge in [-0.25, -0.2) is 4.39 Å². The molecule has 77 valence electrons. The summed E-state index contributed by atoms with van der Waals surface area (Å²) in [5.41, 5.74) is 0. The Morgan fingerprint density at radius 2 is 2.29 bits per heavy atom. The second-order valence-electron chi connectivity index (χ2n) is 2.52. The van der Waals surface area contributed by atoms with E-state index < -0.39 is 5.82 Å². The lowest BCUT2D eigenvalue weighted by Gasteiger charge is -2.06. The Morgan fingerprint density at radius 1 is 1.43 bits per heavy atom. The lowest BCUT2D eigenvalue weighted by molar-refractivity contribution is -0.0100. The van der Waals surface area contributed by atoms with Gasteiger partial charge in [-0.1, -0.05) is 6.07 Å². The highest BCUT2D eigenvalue weighted by atomic mass is 19.1. The van der Waals surface area contributed by atoms with Crippen molar-refractivity contribution in [1.29, 1.82) is 0 Å². The van der Waals surface area contributed by atoms with Crippen molar-refractivity contribution in [1.82, 2.24) is 0 Å². The first-order valence-corrected chi connectivity index (χ1v) is 4.19. The summed E-state index contributed by atoms with van der Waals surface area (Å²) in [6.07, 6.45) is 0. The highest BCUT2D eigenvalue weighted by Crippen LogP contribution is 2.14. The summed E-state index contributed by atoms with van der Waals surface area (Å²) in [6.45, 7) is 0.940. The number of hydrogen-bond acceptors (Lipinski definition) is 3. The zero-order valence-electron chi connectivity index (χ0n) is 7.96. The molecule has 0 aliphatic carbocycles. The van der Waals surface area contributed by atoms with Crippen LogP contribution in [-0.2, 0) is 9.47 Å². The van der Waals surface area contributed by atoms with Gasteiger partial charge in [0.2, 0.25) is 0 Å². The monoisotopic (exact) mass is 199 g/mol. The number of halogens is 1. The van der Waals surface area contributed by atoms with Gasteiger partial charge in [0.1, 0.15) is 0 Å². The van der Waals surface area contributed by atoms with Crippen LogP contribution in [0.25, 0.3) is 0 Å². The van der Waals surface area contributed by atoms with Crippen LogP contribution in [0.4, 0.5) is 4.39 Å². The Bertz CT molecular complexity index is 265. The third-order valence-electron chi connectivity index (χ3n) is 1.51. The molecule has 0 fully saturated rings. The van der Waals surface area contributed by atoms with Crippen LogP contribution in [0.2, 0.25) is 0 Å². The first-order chi connectivity index (χ1) is 6.84. The second-order valence-corrected chi connectivity index (χ2v) is 2.52. The van der Waals surface area contributed by atoms with Gasteiger partial charge >= 0.3 is 0 Å². The van der Waals surface area contributed by atoms with Crippen molar-refractivity contribution in [3.63, 3.8) is 0 Å². The lowest BCUT2D eigenvalue weighted by atomic mass is 10.3. The van der Waals surface area contributed by atoms with Gasteiger partial charge in [0.05, 0.1) is 13.2 Å². The molecule has 0 saturated heterocycles. The van der Waals surface area contributed by atoms with Crippen LogP contribution < -0.4 is 4.74 Å². The molecule has 0 saturated carbocycles. The Balaban J connectivity index is 2.21. The van der Waals surface area contributed by atoms with Crippen molar-refractivity contribution in [3.8, 4) is 5.75 Å². The molecular formula is C10H12FO3. The Morgan fingerprint density at radius 3 is 3.00 bits per heavy atom. The van der Waals surface area contributed by atoms with E-state index in [2.05, 4.69) is 6.07 Å². The fourth-order valence-corrected chi connectivity index (χ4v) is 0.819. The van der Waals surface area contributed by atoms with E-state index in [9.17, 15) is 4.39 Å². The van der Waals surface area contributed by atoms with E-state index in [4.69, 9.17) is 14.2 Å². The zero-order chi connectivity index (χ0) is 10.2. The third kappa shape index (κ3) is 3.72. The van der Waals surface area contributed by atoms with Gasteiger partial charge in [-0.05, 0) is 18.2 Å². The molecule has 0 aliphatic rings. The minimum Gasteiger partial charge on any atom is -0.464 e. The minimum absolute atomic E-state index is 0.0181. The predicted octanol–water partition coefficient (Wildman–Crippen LogP) is 1.63. The molecule has 0 bridgehead atoms. The van der Waals surface area contributed by atoms with E-state index in [1.165, 1.54) is 12.1 Å². The van der Waals surface area contributed by atoms with Crippen molar-refractivity contribution >= 4 is 0 Å². The molecule has 0 atom stereocenters. The predicted molar refractivity (Wildman–Crippen MR) is 48.6 cm³/mol. The van der Waals surface area contributed by atoms with Crippen LogP contribution in [-0.4, -0.2) is 27.1 Å². The first kappa shape index (κ1) is 10.9. The Hall–Kier alpha value is -1.13. The van der Waals surface area contributed by atoms with Crippen molar-refractivity contribution in [3.05, 3.63) is 30.1 Å². The molecule has 0 spiro atoms. The van der Waals surface area contributed by atoms with Gasteiger partial charge in [-0.2, -0.15) is 0 Å². The van der Waals surface area contributed by atoms with Crippen LogP contribution in [0, 0.1) is 11.9 Å². The molecule has 1 rings (SSSR count). The van der Waals surface area contributed by atoms with E-state index in [1.807, 2.05) is 0 Å². The van der Waals surface area contributed by atoms with Crippen molar-refractivity contribution in [2.24, 2.45) is 0 Å².